The van der Waals surface area contributed by atoms with E-state index in [1.165, 1.54) is 36.4 Å². The molecule has 0 aliphatic rings. The Kier molecular flexibility index (Phi) is 5.79. The Morgan fingerprint density at radius 3 is 2.25 bits per heavy atom. The first-order chi connectivity index (χ1) is 13.3. The van der Waals surface area contributed by atoms with Gasteiger partial charge in [0.1, 0.15) is 5.75 Å². The highest BCUT2D eigenvalue weighted by Gasteiger charge is 2.17. The van der Waals surface area contributed by atoms with Crippen LogP contribution in [0.25, 0.3) is 0 Å². The molecule has 0 aromatic heterocycles. The molecule has 0 amide bonds. The first-order valence-corrected chi connectivity index (χ1v) is 10.1. The van der Waals surface area contributed by atoms with E-state index in [9.17, 15) is 13.2 Å². The summed E-state index contributed by atoms with van der Waals surface area (Å²) in [5.74, 6) is -0.504. The first kappa shape index (κ1) is 20.0. The summed E-state index contributed by atoms with van der Waals surface area (Å²) < 4.78 is 33.4. The molecule has 0 atom stereocenters. The van der Waals surface area contributed by atoms with Crippen molar-refractivity contribution in [2.24, 2.45) is 0 Å². The highest BCUT2D eigenvalue weighted by atomic mass is 35.5. The van der Waals surface area contributed by atoms with Gasteiger partial charge in [-0.2, -0.15) is 0 Å². The fraction of sp³-hybridized carbons (Fsp3) is 0. The van der Waals surface area contributed by atoms with Crippen LogP contribution in [0.4, 0.5) is 5.69 Å². The first-order valence-electron chi connectivity index (χ1n) is 7.84. The van der Waals surface area contributed by atoms with Crippen LogP contribution in [0.3, 0.4) is 0 Å². The van der Waals surface area contributed by atoms with Crippen molar-refractivity contribution in [2.75, 3.05) is 4.72 Å². The molecule has 0 spiro atoms. The van der Waals surface area contributed by atoms with Gasteiger partial charge in [0.25, 0.3) is 10.0 Å². The van der Waals surface area contributed by atoms with E-state index < -0.39 is 16.0 Å². The summed E-state index contributed by atoms with van der Waals surface area (Å²) in [4.78, 5) is 10.8. The smallest absolute Gasteiger partial charge is 0.335 e. The zero-order valence-electron chi connectivity index (χ0n) is 14.1. The number of anilines is 1. The van der Waals surface area contributed by atoms with Crippen molar-refractivity contribution in [3.63, 3.8) is 0 Å². The molecule has 3 aromatic rings. The van der Waals surface area contributed by atoms with Crippen LogP contribution in [0.15, 0.2) is 71.6 Å². The van der Waals surface area contributed by atoms with E-state index in [1.54, 1.807) is 30.3 Å². The normalized spacial score (nSPS) is 11.1. The molecule has 0 unspecified atom stereocenters. The molecular formula is C19H13Cl2NO5S. The molecule has 6 nitrogen and oxygen atoms in total. The molecule has 144 valence electrons. The van der Waals surface area contributed by atoms with Crippen molar-refractivity contribution in [2.45, 2.75) is 4.90 Å². The third-order valence-corrected chi connectivity index (χ3v) is 5.78. The maximum atomic E-state index is 12.6. The Hall–Kier alpha value is -2.74. The minimum atomic E-state index is -3.96. The molecule has 0 saturated heterocycles. The molecule has 0 aliphatic heterocycles. The van der Waals surface area contributed by atoms with Gasteiger partial charge in [-0.25, -0.2) is 13.2 Å². The number of hydrogen-bond donors (Lipinski definition) is 2. The predicted molar refractivity (Wildman–Crippen MR) is 107 cm³/mol. The molecule has 0 bridgehead atoms. The van der Waals surface area contributed by atoms with Gasteiger partial charge in [-0.05, 0) is 48.5 Å². The lowest BCUT2D eigenvalue weighted by Crippen LogP contribution is -2.13. The van der Waals surface area contributed by atoms with E-state index in [-0.39, 0.29) is 21.9 Å². The van der Waals surface area contributed by atoms with Crippen LogP contribution in [0, 0.1) is 0 Å². The molecule has 0 fully saturated rings. The van der Waals surface area contributed by atoms with E-state index in [0.29, 0.717) is 15.8 Å². The van der Waals surface area contributed by atoms with Crippen molar-refractivity contribution in [1.82, 2.24) is 0 Å². The van der Waals surface area contributed by atoms with Gasteiger partial charge in [0, 0.05) is 6.07 Å². The topological polar surface area (TPSA) is 92.7 Å². The molecule has 0 saturated carbocycles. The van der Waals surface area contributed by atoms with Gasteiger partial charge in [0.15, 0.2) is 5.75 Å². The third kappa shape index (κ3) is 4.56. The predicted octanol–water partition coefficient (Wildman–Crippen LogP) is 5.28. The van der Waals surface area contributed by atoms with E-state index in [1.807, 2.05) is 0 Å². The Balaban J connectivity index is 1.87. The Labute approximate surface area is 171 Å². The number of para-hydroxylation sites is 2. The van der Waals surface area contributed by atoms with Crippen LogP contribution in [0.1, 0.15) is 10.4 Å². The highest BCUT2D eigenvalue weighted by Crippen LogP contribution is 2.33. The zero-order valence-corrected chi connectivity index (χ0v) is 16.4. The fourth-order valence-corrected chi connectivity index (χ4v) is 3.65. The van der Waals surface area contributed by atoms with E-state index in [4.69, 9.17) is 33.0 Å². The summed E-state index contributed by atoms with van der Waals surface area (Å²) in [6.45, 7) is 0. The van der Waals surface area contributed by atoms with Crippen LogP contribution < -0.4 is 9.46 Å². The molecule has 2 N–H and O–H groups in total. The number of carboxylic acids is 1. The minimum Gasteiger partial charge on any atom is -0.478 e. The molecular weight excluding hydrogens is 425 g/mol. The number of nitrogens with one attached hydrogen (secondary N) is 1. The number of hydrogen-bond acceptors (Lipinski definition) is 4. The lowest BCUT2D eigenvalue weighted by Gasteiger charge is -2.14. The Morgan fingerprint density at radius 2 is 1.61 bits per heavy atom. The average Bonchev–Trinajstić information content (AvgIpc) is 2.66. The van der Waals surface area contributed by atoms with E-state index >= 15 is 0 Å². The summed E-state index contributed by atoms with van der Waals surface area (Å²) in [7, 11) is -3.96. The SMILES string of the molecule is O=C(O)c1ccc(S(=O)(=O)Nc2ccccc2Oc2ccc(Cl)c(Cl)c2)cc1. The maximum absolute atomic E-state index is 12.6. The number of carbonyl (C=O) groups is 1. The second-order valence-electron chi connectivity index (χ2n) is 5.61. The second kappa shape index (κ2) is 8.10. The number of aromatic carboxylic acids is 1. The van der Waals surface area contributed by atoms with Crippen LogP contribution in [0.5, 0.6) is 11.5 Å². The zero-order chi connectivity index (χ0) is 20.3. The third-order valence-electron chi connectivity index (χ3n) is 3.66. The molecule has 3 rings (SSSR count). The van der Waals surface area contributed by atoms with Crippen molar-refractivity contribution in [3.05, 3.63) is 82.3 Å². The number of rotatable bonds is 6. The number of ether oxygens (including phenoxy) is 1. The largest absolute Gasteiger partial charge is 0.478 e. The summed E-state index contributed by atoms with van der Waals surface area (Å²) >= 11 is 11.9. The van der Waals surface area contributed by atoms with Gasteiger partial charge in [0.05, 0.1) is 26.2 Å². The molecule has 28 heavy (non-hydrogen) atoms. The van der Waals surface area contributed by atoms with Gasteiger partial charge in [0.2, 0.25) is 0 Å². The van der Waals surface area contributed by atoms with Gasteiger partial charge in [-0.1, -0.05) is 35.3 Å². The van der Waals surface area contributed by atoms with Gasteiger partial charge in [-0.15, -0.1) is 0 Å². The number of halogens is 2. The summed E-state index contributed by atoms with van der Waals surface area (Å²) in [6, 6.07) is 16.0. The molecule has 0 aliphatic carbocycles. The Bertz CT molecular complexity index is 1130. The average molecular weight is 438 g/mol. The summed E-state index contributed by atoms with van der Waals surface area (Å²) in [6.07, 6.45) is 0. The lowest BCUT2D eigenvalue weighted by molar-refractivity contribution is 0.0696. The van der Waals surface area contributed by atoms with Crippen LogP contribution in [-0.2, 0) is 10.0 Å². The highest BCUT2D eigenvalue weighted by molar-refractivity contribution is 7.92. The quantitative estimate of drug-likeness (QED) is 0.546. The van der Waals surface area contributed by atoms with Gasteiger partial charge in [-0.3, -0.25) is 4.72 Å². The Morgan fingerprint density at radius 1 is 0.929 bits per heavy atom. The van der Waals surface area contributed by atoms with Crippen molar-refractivity contribution in [1.29, 1.82) is 0 Å². The molecule has 0 radical (unpaired) electrons. The monoisotopic (exact) mass is 437 g/mol. The van der Waals surface area contributed by atoms with Gasteiger partial charge < -0.3 is 9.84 Å². The van der Waals surface area contributed by atoms with Crippen molar-refractivity contribution in [3.8, 4) is 11.5 Å². The maximum Gasteiger partial charge on any atom is 0.335 e. The molecule has 3 aromatic carbocycles. The van der Waals surface area contributed by atoms with Gasteiger partial charge >= 0.3 is 5.97 Å². The van der Waals surface area contributed by atoms with E-state index in [0.717, 1.165) is 0 Å². The lowest BCUT2D eigenvalue weighted by atomic mass is 10.2. The summed E-state index contributed by atoms with van der Waals surface area (Å²) in [5, 5.41) is 9.60. The number of sulfonamides is 1. The number of benzene rings is 3. The number of carboxylic acid groups (broad SMARTS) is 1. The second-order valence-corrected chi connectivity index (χ2v) is 8.11. The van der Waals surface area contributed by atoms with E-state index in [2.05, 4.69) is 4.72 Å². The fourth-order valence-electron chi connectivity index (χ4n) is 2.29. The van der Waals surface area contributed by atoms with Crippen LogP contribution in [-0.4, -0.2) is 19.5 Å². The van der Waals surface area contributed by atoms with Crippen molar-refractivity contribution < 1.29 is 23.1 Å². The molecule has 9 heteroatoms. The molecule has 0 heterocycles. The standard InChI is InChI=1S/C19H13Cl2NO5S/c20-15-10-7-13(11-16(15)21)27-18-4-2-1-3-17(18)22-28(25,26)14-8-5-12(6-9-14)19(23)24/h1-11,22H,(H,23,24). The van der Waals surface area contributed by atoms with Crippen LogP contribution >= 0.6 is 23.2 Å². The minimum absolute atomic E-state index is 0.0118. The van der Waals surface area contributed by atoms with Crippen LogP contribution in [0.2, 0.25) is 10.0 Å². The summed E-state index contributed by atoms with van der Waals surface area (Å²) in [5.41, 5.74) is 0.193. The van der Waals surface area contributed by atoms with Crippen molar-refractivity contribution >= 4 is 44.9 Å².